The number of nitrogens with zero attached hydrogens (tertiary/aromatic N) is 3. The lowest BCUT2D eigenvalue weighted by molar-refractivity contribution is -0.159. The molecule has 0 spiro atoms. The number of anilines is 2. The Morgan fingerprint density at radius 1 is 1.11 bits per heavy atom. The van der Waals surface area contributed by atoms with E-state index in [1.54, 1.807) is 24.3 Å². The second-order valence-corrected chi connectivity index (χ2v) is 6.01. The Balaban J connectivity index is 2.37. The first-order valence-electron chi connectivity index (χ1n) is 8.01. The number of ether oxygens (including phenoxy) is 2. The molecule has 5 nitrogen and oxygen atoms in total. The molecular formula is C17H17F6N3O2. The molecule has 1 aromatic heterocycles. The Kier molecular flexibility index (Phi) is 6.25. The van der Waals surface area contributed by atoms with Gasteiger partial charge in [0.05, 0.1) is 6.10 Å². The van der Waals surface area contributed by atoms with Gasteiger partial charge in [0, 0.05) is 25.0 Å². The van der Waals surface area contributed by atoms with Gasteiger partial charge in [-0.15, -0.1) is 0 Å². The number of hydrogen-bond donors (Lipinski definition) is 0. The van der Waals surface area contributed by atoms with Crippen molar-refractivity contribution in [1.82, 2.24) is 9.97 Å². The zero-order valence-electron chi connectivity index (χ0n) is 15.1. The molecule has 0 amide bonds. The van der Waals surface area contributed by atoms with Gasteiger partial charge in [-0.05, 0) is 26.0 Å². The molecule has 0 aliphatic heterocycles. The molecule has 0 saturated heterocycles. The first-order chi connectivity index (χ1) is 12.9. The second kappa shape index (κ2) is 8.11. The van der Waals surface area contributed by atoms with Gasteiger partial charge in [0.15, 0.2) is 6.61 Å². The standard InChI is InChI=1S/C17H17F6N3O2/c1-10(2)28-12-6-4-5-11(7-12)26(3)15-24-8-13(17(21,22)23)14(25-15)27-9-16(18,19)20/h4-8,10H,9H2,1-3H3. The van der Waals surface area contributed by atoms with Crippen LogP contribution in [0, 0.1) is 0 Å². The van der Waals surface area contributed by atoms with E-state index in [4.69, 9.17) is 4.74 Å². The second-order valence-electron chi connectivity index (χ2n) is 6.01. The lowest BCUT2D eigenvalue weighted by Gasteiger charge is -2.21. The molecular weight excluding hydrogens is 392 g/mol. The van der Waals surface area contributed by atoms with Crippen LogP contribution >= 0.6 is 0 Å². The van der Waals surface area contributed by atoms with Crippen LogP contribution in [0.25, 0.3) is 0 Å². The summed E-state index contributed by atoms with van der Waals surface area (Å²) in [5.74, 6) is -0.970. The van der Waals surface area contributed by atoms with Crippen molar-refractivity contribution in [2.24, 2.45) is 0 Å². The van der Waals surface area contributed by atoms with Crippen LogP contribution in [0.4, 0.5) is 38.0 Å². The van der Waals surface area contributed by atoms with Crippen LogP contribution in [-0.4, -0.2) is 35.9 Å². The van der Waals surface area contributed by atoms with Gasteiger partial charge in [0.25, 0.3) is 0 Å². The van der Waals surface area contributed by atoms with Crippen LogP contribution in [0.15, 0.2) is 30.5 Å². The van der Waals surface area contributed by atoms with E-state index in [1.807, 2.05) is 13.8 Å². The molecule has 0 aliphatic carbocycles. The first kappa shape index (κ1) is 21.6. The maximum absolute atomic E-state index is 13.0. The van der Waals surface area contributed by atoms with Gasteiger partial charge in [-0.25, -0.2) is 4.98 Å². The minimum Gasteiger partial charge on any atom is -0.491 e. The van der Waals surface area contributed by atoms with Crippen molar-refractivity contribution in [3.8, 4) is 11.6 Å². The van der Waals surface area contributed by atoms with Crippen LogP contribution in [0.3, 0.4) is 0 Å². The van der Waals surface area contributed by atoms with Crippen molar-refractivity contribution in [3.63, 3.8) is 0 Å². The molecule has 0 unspecified atom stereocenters. The van der Waals surface area contributed by atoms with Crippen LogP contribution < -0.4 is 14.4 Å². The Labute approximate surface area is 156 Å². The summed E-state index contributed by atoms with van der Waals surface area (Å²) in [6.45, 7) is 1.73. The monoisotopic (exact) mass is 409 g/mol. The van der Waals surface area contributed by atoms with Gasteiger partial charge >= 0.3 is 12.4 Å². The molecule has 0 saturated carbocycles. The Hall–Kier alpha value is -2.72. The molecule has 11 heteroatoms. The van der Waals surface area contributed by atoms with Gasteiger partial charge in [-0.1, -0.05) is 6.07 Å². The number of rotatable bonds is 6. The van der Waals surface area contributed by atoms with E-state index >= 15 is 0 Å². The molecule has 154 valence electrons. The molecule has 2 aromatic rings. The third-order valence-corrected chi connectivity index (χ3v) is 3.30. The van der Waals surface area contributed by atoms with Crippen molar-refractivity contribution in [2.75, 3.05) is 18.6 Å². The Morgan fingerprint density at radius 3 is 2.36 bits per heavy atom. The van der Waals surface area contributed by atoms with Gasteiger partial charge in [-0.3, -0.25) is 0 Å². The highest BCUT2D eigenvalue weighted by Crippen LogP contribution is 2.36. The number of alkyl halides is 6. The SMILES string of the molecule is CC(C)Oc1cccc(N(C)c2ncc(C(F)(F)F)c(OCC(F)(F)F)n2)c1. The quantitative estimate of drug-likeness (QED) is 0.629. The normalized spacial score (nSPS) is 12.2. The summed E-state index contributed by atoms with van der Waals surface area (Å²) < 4.78 is 86.0. The fourth-order valence-corrected chi connectivity index (χ4v) is 2.13. The van der Waals surface area contributed by atoms with E-state index in [2.05, 4.69) is 14.7 Å². The Morgan fingerprint density at radius 2 is 1.79 bits per heavy atom. The topological polar surface area (TPSA) is 47.5 Å². The number of hydrogen-bond acceptors (Lipinski definition) is 5. The highest BCUT2D eigenvalue weighted by Gasteiger charge is 2.38. The molecule has 28 heavy (non-hydrogen) atoms. The van der Waals surface area contributed by atoms with Crippen LogP contribution in [0.1, 0.15) is 19.4 Å². The van der Waals surface area contributed by atoms with Crippen molar-refractivity contribution in [2.45, 2.75) is 32.3 Å². The van der Waals surface area contributed by atoms with Crippen LogP contribution in [0.2, 0.25) is 0 Å². The maximum atomic E-state index is 13.0. The molecule has 0 bridgehead atoms. The van der Waals surface area contributed by atoms with E-state index in [0.717, 1.165) is 0 Å². The Bertz CT molecular complexity index is 808. The van der Waals surface area contributed by atoms with Gasteiger partial charge in [0.2, 0.25) is 11.8 Å². The zero-order valence-corrected chi connectivity index (χ0v) is 15.1. The molecule has 0 fully saturated rings. The average Bonchev–Trinajstić information content (AvgIpc) is 2.57. The zero-order chi connectivity index (χ0) is 21.1. The molecule has 0 N–H and O–H groups in total. The maximum Gasteiger partial charge on any atom is 0.423 e. The van der Waals surface area contributed by atoms with Crippen molar-refractivity contribution >= 4 is 11.6 Å². The van der Waals surface area contributed by atoms with Crippen LogP contribution in [0.5, 0.6) is 11.6 Å². The minimum absolute atomic E-state index is 0.106. The molecule has 1 aromatic carbocycles. The third-order valence-electron chi connectivity index (χ3n) is 3.30. The number of benzene rings is 1. The highest BCUT2D eigenvalue weighted by atomic mass is 19.4. The third kappa shape index (κ3) is 5.89. The molecule has 1 heterocycles. The van der Waals surface area contributed by atoms with Crippen molar-refractivity contribution < 1.29 is 35.8 Å². The van der Waals surface area contributed by atoms with E-state index in [0.29, 0.717) is 17.6 Å². The summed E-state index contributed by atoms with van der Waals surface area (Å²) in [5.41, 5.74) is -1.04. The fraction of sp³-hybridized carbons (Fsp3) is 0.412. The van der Waals surface area contributed by atoms with Crippen LogP contribution in [-0.2, 0) is 6.18 Å². The molecule has 0 aliphatic rings. The van der Waals surface area contributed by atoms with E-state index in [-0.39, 0.29) is 12.1 Å². The lowest BCUT2D eigenvalue weighted by atomic mass is 10.2. The number of halogens is 6. The summed E-state index contributed by atoms with van der Waals surface area (Å²) in [5, 5.41) is 0. The largest absolute Gasteiger partial charge is 0.491 e. The molecule has 2 rings (SSSR count). The first-order valence-corrected chi connectivity index (χ1v) is 8.01. The average molecular weight is 409 g/mol. The van der Waals surface area contributed by atoms with E-state index in [1.165, 1.54) is 11.9 Å². The van der Waals surface area contributed by atoms with Crippen molar-refractivity contribution in [3.05, 3.63) is 36.0 Å². The van der Waals surface area contributed by atoms with E-state index in [9.17, 15) is 26.3 Å². The van der Waals surface area contributed by atoms with Gasteiger partial charge in [0.1, 0.15) is 11.3 Å². The highest BCUT2D eigenvalue weighted by molar-refractivity contribution is 5.59. The predicted molar refractivity (Wildman–Crippen MR) is 88.9 cm³/mol. The molecule has 0 radical (unpaired) electrons. The summed E-state index contributed by atoms with van der Waals surface area (Å²) in [6, 6.07) is 6.54. The molecule has 0 atom stereocenters. The van der Waals surface area contributed by atoms with Gasteiger partial charge < -0.3 is 14.4 Å². The summed E-state index contributed by atoms with van der Waals surface area (Å²) in [6.07, 6.45) is -9.50. The van der Waals surface area contributed by atoms with E-state index < -0.39 is 30.4 Å². The fourth-order valence-electron chi connectivity index (χ4n) is 2.13. The lowest BCUT2D eigenvalue weighted by Crippen LogP contribution is -2.23. The predicted octanol–water partition coefficient (Wildman–Crippen LogP) is 4.99. The minimum atomic E-state index is -4.97. The summed E-state index contributed by atoms with van der Waals surface area (Å²) >= 11 is 0. The van der Waals surface area contributed by atoms with Crippen molar-refractivity contribution in [1.29, 1.82) is 0 Å². The summed E-state index contributed by atoms with van der Waals surface area (Å²) in [4.78, 5) is 8.45. The van der Waals surface area contributed by atoms with Gasteiger partial charge in [-0.2, -0.15) is 31.3 Å². The summed E-state index contributed by atoms with van der Waals surface area (Å²) in [7, 11) is 1.45. The smallest absolute Gasteiger partial charge is 0.423 e. The number of aromatic nitrogens is 2.